The van der Waals surface area contributed by atoms with E-state index >= 15 is 0 Å². The van der Waals surface area contributed by atoms with Gasteiger partial charge in [0.2, 0.25) is 5.95 Å². The van der Waals surface area contributed by atoms with Crippen molar-refractivity contribution in [2.24, 2.45) is 5.92 Å². The number of anilines is 1. The lowest BCUT2D eigenvalue weighted by molar-refractivity contribution is 0.0853. The molecule has 0 amide bonds. The summed E-state index contributed by atoms with van der Waals surface area (Å²) >= 11 is 0. The first kappa shape index (κ1) is 14.0. The minimum atomic E-state index is 0.213. The summed E-state index contributed by atoms with van der Waals surface area (Å²) in [4.78, 5) is 4.49. The Morgan fingerprint density at radius 3 is 2.71 bits per heavy atom. The van der Waals surface area contributed by atoms with Gasteiger partial charge in [-0.05, 0) is 26.7 Å². The van der Waals surface area contributed by atoms with Crippen LogP contribution in [0.1, 0.15) is 33.4 Å². The van der Waals surface area contributed by atoms with E-state index in [1.54, 1.807) is 0 Å². The van der Waals surface area contributed by atoms with E-state index in [2.05, 4.69) is 41.8 Å². The maximum Gasteiger partial charge on any atom is 0.203 e. The molecule has 0 saturated heterocycles. The second kappa shape index (κ2) is 6.64. The Balaban J connectivity index is 2.57. The highest BCUT2D eigenvalue weighted by molar-refractivity contribution is 5.28. The van der Waals surface area contributed by atoms with Gasteiger partial charge < -0.3 is 14.6 Å². The standard InChI is InChI=1S/C13H25N3O/c1-6-17-12(5)7-14-13-15-11(4)9-16(13)8-10(2)3/h9-10,12H,6-8H2,1-5H3,(H,14,15). The molecule has 98 valence electrons. The maximum absolute atomic E-state index is 5.49. The Morgan fingerprint density at radius 2 is 2.12 bits per heavy atom. The first-order chi connectivity index (χ1) is 8.02. The highest BCUT2D eigenvalue weighted by Crippen LogP contribution is 2.11. The van der Waals surface area contributed by atoms with E-state index in [1.165, 1.54) is 0 Å². The molecule has 0 aliphatic heterocycles. The number of hydrogen-bond acceptors (Lipinski definition) is 3. The van der Waals surface area contributed by atoms with E-state index in [-0.39, 0.29) is 6.10 Å². The van der Waals surface area contributed by atoms with E-state index in [4.69, 9.17) is 4.74 Å². The normalized spacial score (nSPS) is 13.1. The summed E-state index contributed by atoms with van der Waals surface area (Å²) in [6.45, 7) is 13.1. The van der Waals surface area contributed by atoms with E-state index in [9.17, 15) is 0 Å². The molecule has 1 aromatic rings. The summed E-state index contributed by atoms with van der Waals surface area (Å²) < 4.78 is 7.67. The Kier molecular flexibility index (Phi) is 5.48. The zero-order valence-electron chi connectivity index (χ0n) is 11.7. The SMILES string of the molecule is CCOC(C)CNc1nc(C)cn1CC(C)C. The Labute approximate surface area is 104 Å². The van der Waals surface area contributed by atoms with Crippen molar-refractivity contribution in [3.63, 3.8) is 0 Å². The van der Waals surface area contributed by atoms with Crippen molar-refractivity contribution in [3.8, 4) is 0 Å². The van der Waals surface area contributed by atoms with E-state index in [0.29, 0.717) is 5.92 Å². The van der Waals surface area contributed by atoms with Gasteiger partial charge in [0.05, 0.1) is 11.8 Å². The molecule has 0 bridgehead atoms. The van der Waals surface area contributed by atoms with Gasteiger partial charge in [-0.15, -0.1) is 0 Å². The van der Waals surface area contributed by atoms with Crippen molar-refractivity contribution >= 4 is 5.95 Å². The predicted octanol–water partition coefficient (Wildman–Crippen LogP) is 2.68. The van der Waals surface area contributed by atoms with E-state index in [0.717, 1.165) is 31.3 Å². The van der Waals surface area contributed by atoms with Gasteiger partial charge in [0, 0.05) is 25.9 Å². The molecule has 1 atom stereocenters. The molecular formula is C13H25N3O. The molecule has 0 saturated carbocycles. The monoisotopic (exact) mass is 239 g/mol. The number of hydrogen-bond donors (Lipinski definition) is 1. The van der Waals surface area contributed by atoms with Crippen LogP contribution in [0.2, 0.25) is 0 Å². The highest BCUT2D eigenvalue weighted by atomic mass is 16.5. The zero-order valence-corrected chi connectivity index (χ0v) is 11.7. The second-order valence-electron chi connectivity index (χ2n) is 4.90. The molecule has 0 spiro atoms. The average molecular weight is 239 g/mol. The third-order valence-electron chi connectivity index (χ3n) is 2.46. The minimum absolute atomic E-state index is 0.213. The minimum Gasteiger partial charge on any atom is -0.377 e. The molecule has 0 fully saturated rings. The lowest BCUT2D eigenvalue weighted by Crippen LogP contribution is -2.22. The fourth-order valence-electron chi connectivity index (χ4n) is 1.80. The smallest absolute Gasteiger partial charge is 0.203 e. The molecule has 0 aromatic carbocycles. The van der Waals surface area contributed by atoms with Crippen LogP contribution >= 0.6 is 0 Å². The van der Waals surface area contributed by atoms with Crippen molar-refractivity contribution < 1.29 is 4.74 Å². The summed E-state index contributed by atoms with van der Waals surface area (Å²) in [6, 6.07) is 0. The van der Waals surface area contributed by atoms with Crippen molar-refractivity contribution in [2.45, 2.75) is 47.3 Å². The predicted molar refractivity (Wildman–Crippen MR) is 71.4 cm³/mol. The van der Waals surface area contributed by atoms with Crippen molar-refractivity contribution in [1.29, 1.82) is 0 Å². The number of nitrogens with one attached hydrogen (secondary N) is 1. The average Bonchev–Trinajstić information content (AvgIpc) is 2.55. The fourth-order valence-corrected chi connectivity index (χ4v) is 1.80. The zero-order chi connectivity index (χ0) is 12.8. The molecule has 17 heavy (non-hydrogen) atoms. The van der Waals surface area contributed by atoms with E-state index < -0.39 is 0 Å². The summed E-state index contributed by atoms with van der Waals surface area (Å²) in [5, 5.41) is 3.35. The summed E-state index contributed by atoms with van der Waals surface area (Å²) in [5.74, 6) is 1.57. The lowest BCUT2D eigenvalue weighted by atomic mass is 10.2. The molecule has 1 aromatic heterocycles. The fraction of sp³-hybridized carbons (Fsp3) is 0.769. The number of aromatic nitrogens is 2. The molecule has 4 heteroatoms. The molecule has 4 nitrogen and oxygen atoms in total. The van der Waals surface area contributed by atoms with Crippen LogP contribution in [0.4, 0.5) is 5.95 Å². The van der Waals surface area contributed by atoms with Crippen LogP contribution in [0.25, 0.3) is 0 Å². The maximum atomic E-state index is 5.49. The molecule has 1 heterocycles. The van der Waals surface area contributed by atoms with E-state index in [1.807, 2.05) is 13.8 Å². The van der Waals surface area contributed by atoms with Crippen LogP contribution in [-0.2, 0) is 11.3 Å². The van der Waals surface area contributed by atoms with Gasteiger partial charge >= 0.3 is 0 Å². The van der Waals surface area contributed by atoms with Crippen LogP contribution in [0.5, 0.6) is 0 Å². The largest absolute Gasteiger partial charge is 0.377 e. The van der Waals surface area contributed by atoms with Gasteiger partial charge in [-0.3, -0.25) is 0 Å². The number of rotatable bonds is 7. The number of ether oxygens (including phenoxy) is 1. The van der Waals surface area contributed by atoms with Gasteiger partial charge in [-0.25, -0.2) is 4.98 Å². The molecule has 1 unspecified atom stereocenters. The van der Waals surface area contributed by atoms with Crippen LogP contribution in [0.3, 0.4) is 0 Å². The molecular weight excluding hydrogens is 214 g/mol. The molecule has 1 N–H and O–H groups in total. The number of imidazole rings is 1. The topological polar surface area (TPSA) is 39.1 Å². The quantitative estimate of drug-likeness (QED) is 0.795. The van der Waals surface area contributed by atoms with Gasteiger partial charge in [-0.1, -0.05) is 13.8 Å². The van der Waals surface area contributed by atoms with Crippen LogP contribution in [0.15, 0.2) is 6.20 Å². The number of nitrogens with zero attached hydrogens (tertiary/aromatic N) is 2. The van der Waals surface area contributed by atoms with Crippen molar-refractivity contribution in [2.75, 3.05) is 18.5 Å². The highest BCUT2D eigenvalue weighted by Gasteiger charge is 2.08. The summed E-state index contributed by atoms with van der Waals surface area (Å²) in [6.07, 6.45) is 2.30. The molecule has 0 aliphatic carbocycles. The van der Waals surface area contributed by atoms with Crippen LogP contribution in [-0.4, -0.2) is 28.8 Å². The van der Waals surface area contributed by atoms with Gasteiger partial charge in [0.15, 0.2) is 0 Å². The van der Waals surface area contributed by atoms with Gasteiger partial charge in [0.1, 0.15) is 0 Å². The van der Waals surface area contributed by atoms with Gasteiger partial charge in [-0.2, -0.15) is 0 Å². The third kappa shape index (κ3) is 4.77. The first-order valence-corrected chi connectivity index (χ1v) is 6.42. The van der Waals surface area contributed by atoms with Crippen molar-refractivity contribution in [3.05, 3.63) is 11.9 Å². The molecule has 0 aliphatic rings. The molecule has 1 rings (SSSR count). The second-order valence-corrected chi connectivity index (χ2v) is 4.90. The van der Waals surface area contributed by atoms with Crippen molar-refractivity contribution in [1.82, 2.24) is 9.55 Å². The Bertz CT molecular complexity index is 333. The van der Waals surface area contributed by atoms with Gasteiger partial charge in [0.25, 0.3) is 0 Å². The Morgan fingerprint density at radius 1 is 1.41 bits per heavy atom. The summed E-state index contributed by atoms with van der Waals surface area (Å²) in [7, 11) is 0. The lowest BCUT2D eigenvalue weighted by Gasteiger charge is -2.15. The third-order valence-corrected chi connectivity index (χ3v) is 2.46. The Hall–Kier alpha value is -1.03. The number of aryl methyl sites for hydroxylation is 1. The first-order valence-electron chi connectivity index (χ1n) is 6.42. The summed E-state index contributed by atoms with van der Waals surface area (Å²) in [5.41, 5.74) is 1.05. The van der Waals surface area contributed by atoms with Crippen LogP contribution < -0.4 is 5.32 Å². The van der Waals surface area contributed by atoms with Crippen LogP contribution in [0, 0.1) is 12.8 Å². The molecule has 0 radical (unpaired) electrons.